The monoisotopic (exact) mass is 323 g/mol. The zero-order chi connectivity index (χ0) is 15.8. The average molecular weight is 323 g/mol. The summed E-state index contributed by atoms with van der Waals surface area (Å²) >= 11 is 1.69. The summed E-state index contributed by atoms with van der Waals surface area (Å²) in [6.07, 6.45) is 0.936. The van der Waals surface area contributed by atoms with Gasteiger partial charge in [0.25, 0.3) is 5.91 Å². The van der Waals surface area contributed by atoms with Gasteiger partial charge in [-0.3, -0.25) is 9.89 Å². The molecule has 3 heterocycles. The van der Waals surface area contributed by atoms with Crippen LogP contribution in [0.25, 0.3) is 11.3 Å². The van der Waals surface area contributed by atoms with Crippen LogP contribution in [0.1, 0.15) is 40.3 Å². The van der Waals surface area contributed by atoms with E-state index in [0.717, 1.165) is 29.8 Å². The lowest BCUT2D eigenvalue weighted by atomic mass is 10.0. The van der Waals surface area contributed by atoms with Gasteiger partial charge in [0.15, 0.2) is 0 Å². The van der Waals surface area contributed by atoms with E-state index in [4.69, 9.17) is 0 Å². The minimum Gasteiger partial charge on any atom is -0.325 e. The highest BCUT2D eigenvalue weighted by Gasteiger charge is 2.42. The Balaban J connectivity index is 1.89. The Hall–Kier alpha value is -2.40. The molecule has 4 nitrogen and oxygen atoms in total. The molecule has 2 aromatic heterocycles. The number of aromatic nitrogens is 2. The molecule has 1 aromatic carbocycles. The zero-order valence-corrected chi connectivity index (χ0v) is 13.6. The van der Waals surface area contributed by atoms with Crippen molar-refractivity contribution in [2.75, 3.05) is 6.54 Å². The first-order valence-corrected chi connectivity index (χ1v) is 8.67. The van der Waals surface area contributed by atoms with Gasteiger partial charge in [0.05, 0.1) is 11.7 Å². The standard InChI is InChI=1S/C18H17N3OS/c1-2-10-21-17(13-9-6-11-23-13)14-15(12-7-4-3-5-8-12)19-20-16(14)18(21)22/h3-9,11,17H,2,10H2,1H3,(H,19,20). The highest BCUT2D eigenvalue weighted by molar-refractivity contribution is 7.10. The van der Waals surface area contributed by atoms with Gasteiger partial charge in [-0.15, -0.1) is 11.3 Å². The van der Waals surface area contributed by atoms with E-state index < -0.39 is 0 Å². The molecule has 0 radical (unpaired) electrons. The molecule has 116 valence electrons. The first kappa shape index (κ1) is 14.2. The maximum absolute atomic E-state index is 12.8. The number of hydrogen-bond acceptors (Lipinski definition) is 3. The molecule has 1 atom stereocenters. The molecule has 0 aliphatic carbocycles. The van der Waals surface area contributed by atoms with Crippen LogP contribution in [-0.2, 0) is 0 Å². The van der Waals surface area contributed by atoms with Gasteiger partial charge in [-0.25, -0.2) is 0 Å². The lowest BCUT2D eigenvalue weighted by molar-refractivity contribution is 0.0746. The molecule has 0 spiro atoms. The van der Waals surface area contributed by atoms with Crippen molar-refractivity contribution in [3.63, 3.8) is 0 Å². The molecule has 0 fully saturated rings. The fraction of sp³-hybridized carbons (Fsp3) is 0.222. The Kier molecular flexibility index (Phi) is 3.50. The predicted molar refractivity (Wildman–Crippen MR) is 91.5 cm³/mol. The van der Waals surface area contributed by atoms with Crippen molar-refractivity contribution >= 4 is 17.2 Å². The van der Waals surface area contributed by atoms with Gasteiger partial charge in [-0.1, -0.05) is 43.3 Å². The van der Waals surface area contributed by atoms with Gasteiger partial charge in [-0.05, 0) is 17.9 Å². The zero-order valence-electron chi connectivity index (χ0n) is 12.8. The van der Waals surface area contributed by atoms with Crippen molar-refractivity contribution in [3.05, 3.63) is 64.0 Å². The molecule has 1 aliphatic rings. The van der Waals surface area contributed by atoms with Crippen LogP contribution in [0.4, 0.5) is 0 Å². The van der Waals surface area contributed by atoms with Gasteiger partial charge >= 0.3 is 0 Å². The normalized spacial score (nSPS) is 16.8. The van der Waals surface area contributed by atoms with Crippen molar-refractivity contribution in [1.29, 1.82) is 0 Å². The van der Waals surface area contributed by atoms with Crippen molar-refractivity contribution in [2.24, 2.45) is 0 Å². The lowest BCUT2D eigenvalue weighted by Gasteiger charge is -2.24. The number of carbonyl (C=O) groups is 1. The summed E-state index contributed by atoms with van der Waals surface area (Å²) in [6, 6.07) is 14.2. The molecule has 0 bridgehead atoms. The van der Waals surface area contributed by atoms with E-state index >= 15 is 0 Å². The largest absolute Gasteiger partial charge is 0.325 e. The molecular formula is C18H17N3OS. The van der Waals surface area contributed by atoms with Crippen LogP contribution in [0.15, 0.2) is 47.8 Å². The van der Waals surface area contributed by atoms with Gasteiger partial charge in [-0.2, -0.15) is 5.10 Å². The third-order valence-electron chi connectivity index (χ3n) is 4.19. The van der Waals surface area contributed by atoms with E-state index in [2.05, 4.69) is 28.6 Å². The second-order valence-corrected chi connectivity index (χ2v) is 6.62. The van der Waals surface area contributed by atoms with E-state index in [1.165, 1.54) is 4.88 Å². The Morgan fingerprint density at radius 2 is 2.04 bits per heavy atom. The van der Waals surface area contributed by atoms with Gasteiger partial charge in [0, 0.05) is 22.5 Å². The molecule has 4 rings (SSSR count). The Morgan fingerprint density at radius 3 is 2.74 bits per heavy atom. The van der Waals surface area contributed by atoms with E-state index in [-0.39, 0.29) is 11.9 Å². The van der Waals surface area contributed by atoms with Gasteiger partial charge in [0.2, 0.25) is 0 Å². The number of fused-ring (bicyclic) bond motifs is 1. The van der Waals surface area contributed by atoms with Crippen molar-refractivity contribution < 1.29 is 4.79 Å². The number of amides is 1. The van der Waals surface area contributed by atoms with Crippen LogP contribution < -0.4 is 0 Å². The summed E-state index contributed by atoms with van der Waals surface area (Å²) in [5, 5.41) is 9.48. The topological polar surface area (TPSA) is 49.0 Å². The molecule has 0 saturated carbocycles. The number of thiophene rings is 1. The molecule has 3 aromatic rings. The second-order valence-electron chi connectivity index (χ2n) is 5.64. The van der Waals surface area contributed by atoms with E-state index in [9.17, 15) is 4.79 Å². The molecule has 1 N–H and O–H groups in total. The summed E-state index contributed by atoms with van der Waals surface area (Å²) in [7, 11) is 0. The SMILES string of the molecule is CCCN1C(=O)c2[nH]nc(-c3ccccc3)c2C1c1cccs1. The third kappa shape index (κ3) is 2.19. The molecular weight excluding hydrogens is 306 g/mol. The van der Waals surface area contributed by atoms with Crippen molar-refractivity contribution in [2.45, 2.75) is 19.4 Å². The first-order chi connectivity index (χ1) is 11.3. The molecule has 0 saturated heterocycles. The number of H-pyrrole nitrogens is 1. The minimum atomic E-state index is -0.0357. The highest BCUT2D eigenvalue weighted by atomic mass is 32.1. The summed E-state index contributed by atoms with van der Waals surface area (Å²) < 4.78 is 0. The highest BCUT2D eigenvalue weighted by Crippen LogP contribution is 2.43. The molecule has 23 heavy (non-hydrogen) atoms. The predicted octanol–water partition coefficient (Wildman–Crippen LogP) is 4.09. The van der Waals surface area contributed by atoms with E-state index in [1.807, 2.05) is 41.3 Å². The van der Waals surface area contributed by atoms with Crippen molar-refractivity contribution in [1.82, 2.24) is 15.1 Å². The van der Waals surface area contributed by atoms with Crippen LogP contribution >= 0.6 is 11.3 Å². The maximum atomic E-state index is 12.8. The van der Waals surface area contributed by atoms with Gasteiger partial charge < -0.3 is 4.90 Å². The quantitative estimate of drug-likeness (QED) is 0.786. The first-order valence-electron chi connectivity index (χ1n) is 7.79. The van der Waals surface area contributed by atoms with Crippen LogP contribution in [0, 0.1) is 0 Å². The molecule has 5 heteroatoms. The van der Waals surface area contributed by atoms with Crippen LogP contribution in [0.5, 0.6) is 0 Å². The van der Waals surface area contributed by atoms with Gasteiger partial charge in [0.1, 0.15) is 5.69 Å². The molecule has 1 amide bonds. The number of aromatic amines is 1. The smallest absolute Gasteiger partial charge is 0.273 e. The second kappa shape index (κ2) is 5.66. The van der Waals surface area contributed by atoms with Crippen LogP contribution in [-0.4, -0.2) is 27.5 Å². The average Bonchev–Trinajstić information content (AvgIpc) is 3.28. The number of rotatable bonds is 4. The Bertz CT molecular complexity index is 823. The van der Waals surface area contributed by atoms with Crippen LogP contribution in [0.2, 0.25) is 0 Å². The summed E-state index contributed by atoms with van der Waals surface area (Å²) in [4.78, 5) is 15.9. The van der Waals surface area contributed by atoms with E-state index in [0.29, 0.717) is 5.69 Å². The fourth-order valence-corrected chi connectivity index (χ4v) is 4.07. The number of nitrogens with zero attached hydrogens (tertiary/aromatic N) is 2. The summed E-state index contributed by atoms with van der Waals surface area (Å²) in [5.74, 6) is 0.0509. The molecule has 1 aliphatic heterocycles. The maximum Gasteiger partial charge on any atom is 0.273 e. The Morgan fingerprint density at radius 1 is 1.22 bits per heavy atom. The fourth-order valence-electron chi connectivity index (χ4n) is 3.23. The summed E-state index contributed by atoms with van der Waals surface area (Å²) in [5.41, 5.74) is 3.57. The lowest BCUT2D eigenvalue weighted by Crippen LogP contribution is -2.29. The number of benzene rings is 1. The number of carbonyl (C=O) groups excluding carboxylic acids is 1. The van der Waals surface area contributed by atoms with E-state index in [1.54, 1.807) is 11.3 Å². The third-order valence-corrected chi connectivity index (χ3v) is 5.11. The van der Waals surface area contributed by atoms with Crippen LogP contribution in [0.3, 0.4) is 0 Å². The number of nitrogens with one attached hydrogen (secondary N) is 1. The minimum absolute atomic E-state index is 0.0357. The molecule has 1 unspecified atom stereocenters. The Labute approximate surface area is 138 Å². The summed E-state index contributed by atoms with van der Waals surface area (Å²) in [6.45, 7) is 2.85. The van der Waals surface area contributed by atoms with Crippen molar-refractivity contribution in [3.8, 4) is 11.3 Å². The number of hydrogen-bond donors (Lipinski definition) is 1.